The van der Waals surface area contributed by atoms with Crippen molar-refractivity contribution in [2.45, 2.75) is 84.1 Å². The number of aryl methyl sites for hydroxylation is 1. The van der Waals surface area contributed by atoms with E-state index in [4.69, 9.17) is 4.84 Å². The number of aliphatic hydroxyl groups is 1. The Balaban J connectivity index is 1.02. The third-order valence-electron chi connectivity index (χ3n) is 10.3. The molecule has 2 aromatic rings. The SMILES string of the molecule is Cc1ncsc1-c1ccc(C(C)NC(=O)C2CCCN2C(=O)C(C(C)C)C2CC(N3CCN(C(=O)N4CCC(O)CC4)CC3)=NO2)cc1. The number of nitrogens with one attached hydrogen (secondary N) is 1. The largest absolute Gasteiger partial charge is 0.393 e. The number of benzene rings is 1. The highest BCUT2D eigenvalue weighted by Crippen LogP contribution is 2.32. The lowest BCUT2D eigenvalue weighted by atomic mass is 9.86. The van der Waals surface area contributed by atoms with Crippen LogP contribution in [0.3, 0.4) is 0 Å². The summed E-state index contributed by atoms with van der Waals surface area (Å²) in [6.45, 7) is 12.2. The highest BCUT2D eigenvalue weighted by molar-refractivity contribution is 7.13. The molecule has 5 heterocycles. The standard InChI is InChI=1S/C35H49N7O5S/c1-22(2)31(29-20-30(38-47-29)39-16-18-41(19-17-39)35(46)40-14-11-27(43)12-15-40)34(45)42-13-5-6-28(42)33(44)37-23(3)25-7-9-26(10-8-25)32-24(4)36-21-48-32/h7-10,21-23,27-29,31,43H,5-6,11-20H2,1-4H3,(H,37,44). The predicted octanol–water partition coefficient (Wildman–Crippen LogP) is 3.86. The first-order valence-electron chi connectivity index (χ1n) is 17.4. The second kappa shape index (κ2) is 14.8. The lowest BCUT2D eigenvalue weighted by Gasteiger charge is -2.39. The van der Waals surface area contributed by atoms with Gasteiger partial charge in [-0.05, 0) is 56.6 Å². The fraction of sp³-hybridized carbons (Fsp3) is 0.629. The van der Waals surface area contributed by atoms with Gasteiger partial charge in [-0.1, -0.05) is 43.3 Å². The molecule has 13 heteroatoms. The molecule has 4 atom stereocenters. The summed E-state index contributed by atoms with van der Waals surface area (Å²) in [6, 6.07) is 7.53. The monoisotopic (exact) mass is 679 g/mol. The second-order valence-corrected chi connectivity index (χ2v) is 14.8. The number of amidine groups is 1. The van der Waals surface area contributed by atoms with Gasteiger partial charge in [-0.25, -0.2) is 9.78 Å². The first kappa shape index (κ1) is 34.2. The minimum absolute atomic E-state index is 0.00138. The Labute approximate surface area is 287 Å². The third-order valence-corrected chi connectivity index (χ3v) is 11.3. The lowest BCUT2D eigenvalue weighted by Crippen LogP contribution is -2.55. The van der Waals surface area contributed by atoms with Crippen LogP contribution in [0.5, 0.6) is 0 Å². The Morgan fingerprint density at radius 2 is 1.65 bits per heavy atom. The maximum absolute atomic E-state index is 14.1. The topological polar surface area (TPSA) is 131 Å². The molecule has 0 bridgehead atoms. The minimum atomic E-state index is -0.518. The highest BCUT2D eigenvalue weighted by atomic mass is 32.1. The van der Waals surface area contributed by atoms with Crippen LogP contribution in [0.2, 0.25) is 0 Å². The van der Waals surface area contributed by atoms with Gasteiger partial charge in [-0.3, -0.25) is 9.59 Å². The van der Waals surface area contributed by atoms with Crippen molar-refractivity contribution in [1.82, 2.24) is 29.9 Å². The summed E-state index contributed by atoms with van der Waals surface area (Å²) in [5.41, 5.74) is 4.97. The van der Waals surface area contributed by atoms with Crippen molar-refractivity contribution in [3.8, 4) is 10.4 Å². The number of nitrogens with zero attached hydrogens (tertiary/aromatic N) is 6. The maximum atomic E-state index is 14.1. The molecule has 1 aromatic heterocycles. The average Bonchev–Trinajstić information content (AvgIpc) is 3.87. The van der Waals surface area contributed by atoms with Crippen LogP contribution >= 0.6 is 11.3 Å². The number of thiazole rings is 1. The number of rotatable bonds is 7. The van der Waals surface area contributed by atoms with Gasteiger partial charge in [0.1, 0.15) is 18.0 Å². The van der Waals surface area contributed by atoms with Crippen molar-refractivity contribution >= 4 is 35.0 Å². The van der Waals surface area contributed by atoms with E-state index in [9.17, 15) is 19.5 Å². The molecule has 4 unspecified atom stereocenters. The van der Waals surface area contributed by atoms with Crippen LogP contribution in [0.1, 0.15) is 70.2 Å². The summed E-state index contributed by atoms with van der Waals surface area (Å²) in [5.74, 6) is 0.196. The first-order valence-corrected chi connectivity index (χ1v) is 18.3. The number of piperazine rings is 1. The molecular weight excluding hydrogens is 630 g/mol. The van der Waals surface area contributed by atoms with Gasteiger partial charge in [0.15, 0.2) is 0 Å². The predicted molar refractivity (Wildman–Crippen MR) is 184 cm³/mol. The number of urea groups is 1. The van der Waals surface area contributed by atoms with Gasteiger partial charge in [-0.2, -0.15) is 0 Å². The zero-order valence-electron chi connectivity index (χ0n) is 28.5. The van der Waals surface area contributed by atoms with E-state index in [1.807, 2.05) is 55.1 Å². The molecule has 6 rings (SSSR count). The van der Waals surface area contributed by atoms with Crippen molar-refractivity contribution in [3.63, 3.8) is 0 Å². The Hall–Kier alpha value is -3.71. The molecule has 0 radical (unpaired) electrons. The molecule has 260 valence electrons. The van der Waals surface area contributed by atoms with Gasteiger partial charge < -0.3 is 34.9 Å². The second-order valence-electron chi connectivity index (χ2n) is 13.9. The van der Waals surface area contributed by atoms with Crippen molar-refractivity contribution in [1.29, 1.82) is 0 Å². The number of piperidine rings is 1. The summed E-state index contributed by atoms with van der Waals surface area (Å²) >= 11 is 1.62. The quantitative estimate of drug-likeness (QED) is 0.455. The Morgan fingerprint density at radius 1 is 0.958 bits per heavy atom. The first-order chi connectivity index (χ1) is 23.1. The summed E-state index contributed by atoms with van der Waals surface area (Å²) < 4.78 is 0. The van der Waals surface area contributed by atoms with E-state index < -0.39 is 18.1 Å². The van der Waals surface area contributed by atoms with Gasteiger partial charge in [0.2, 0.25) is 11.8 Å². The molecular formula is C35H49N7O5S. The summed E-state index contributed by atoms with van der Waals surface area (Å²) in [4.78, 5) is 59.8. The van der Waals surface area contributed by atoms with Crippen molar-refractivity contribution in [2.24, 2.45) is 17.0 Å². The fourth-order valence-electron chi connectivity index (χ4n) is 7.44. The zero-order valence-corrected chi connectivity index (χ0v) is 29.3. The molecule has 48 heavy (non-hydrogen) atoms. The van der Waals surface area contributed by atoms with Crippen molar-refractivity contribution < 1.29 is 24.3 Å². The molecule has 12 nitrogen and oxygen atoms in total. The molecule has 0 aliphatic carbocycles. The van der Waals surface area contributed by atoms with E-state index in [0.717, 1.165) is 34.0 Å². The molecule has 4 aliphatic rings. The van der Waals surface area contributed by atoms with Crippen LogP contribution in [-0.4, -0.2) is 117 Å². The lowest BCUT2D eigenvalue weighted by molar-refractivity contribution is -0.147. The Morgan fingerprint density at radius 3 is 2.29 bits per heavy atom. The van der Waals surface area contributed by atoms with Crippen LogP contribution in [0.4, 0.5) is 4.79 Å². The molecule has 3 saturated heterocycles. The molecule has 0 saturated carbocycles. The van der Waals surface area contributed by atoms with E-state index in [2.05, 4.69) is 32.5 Å². The van der Waals surface area contributed by atoms with Crippen LogP contribution in [0.15, 0.2) is 34.9 Å². The molecule has 4 amide bonds. The van der Waals surface area contributed by atoms with Crippen molar-refractivity contribution in [2.75, 3.05) is 45.8 Å². The van der Waals surface area contributed by atoms with Gasteiger partial charge in [0.05, 0.1) is 34.1 Å². The minimum Gasteiger partial charge on any atom is -0.393 e. The number of hydrogen-bond acceptors (Lipinski definition) is 9. The van der Waals surface area contributed by atoms with Gasteiger partial charge in [0, 0.05) is 52.2 Å². The third kappa shape index (κ3) is 7.31. The Bertz CT molecular complexity index is 1480. The number of oxime groups is 1. The Kier molecular flexibility index (Phi) is 10.5. The molecule has 3 fully saturated rings. The van der Waals surface area contributed by atoms with Crippen LogP contribution < -0.4 is 5.32 Å². The van der Waals surface area contributed by atoms with E-state index >= 15 is 0 Å². The number of carbonyl (C=O) groups excluding carboxylic acids is 3. The number of aliphatic hydroxyl groups excluding tert-OH is 1. The highest BCUT2D eigenvalue weighted by Gasteiger charge is 2.44. The van der Waals surface area contributed by atoms with E-state index in [-0.39, 0.29) is 35.9 Å². The zero-order chi connectivity index (χ0) is 33.9. The number of hydrogen-bond donors (Lipinski definition) is 2. The fourth-order valence-corrected chi connectivity index (χ4v) is 8.25. The van der Waals surface area contributed by atoms with Gasteiger partial charge in [0.25, 0.3) is 0 Å². The molecule has 2 N–H and O–H groups in total. The number of carbonyl (C=O) groups is 3. The number of aromatic nitrogens is 1. The van der Waals surface area contributed by atoms with Crippen LogP contribution in [0.25, 0.3) is 10.4 Å². The molecule has 4 aliphatic heterocycles. The van der Waals surface area contributed by atoms with Crippen molar-refractivity contribution in [3.05, 3.63) is 41.0 Å². The van der Waals surface area contributed by atoms with Crippen LogP contribution in [0, 0.1) is 18.8 Å². The molecule has 1 aromatic carbocycles. The summed E-state index contributed by atoms with van der Waals surface area (Å²) in [7, 11) is 0. The summed E-state index contributed by atoms with van der Waals surface area (Å²) in [6.07, 6.45) is 2.46. The average molecular weight is 680 g/mol. The number of likely N-dealkylation sites (tertiary alicyclic amines) is 2. The van der Waals surface area contributed by atoms with E-state index in [1.54, 1.807) is 16.2 Å². The summed E-state index contributed by atoms with van der Waals surface area (Å²) in [5, 5.41) is 17.4. The van der Waals surface area contributed by atoms with Gasteiger partial charge >= 0.3 is 6.03 Å². The maximum Gasteiger partial charge on any atom is 0.320 e. The van der Waals surface area contributed by atoms with E-state index in [1.165, 1.54) is 0 Å². The van der Waals surface area contributed by atoms with E-state index in [0.29, 0.717) is 71.5 Å². The molecule has 0 spiro atoms. The number of amides is 4. The van der Waals surface area contributed by atoms with Crippen LogP contribution in [-0.2, 0) is 14.4 Å². The van der Waals surface area contributed by atoms with Gasteiger partial charge in [-0.15, -0.1) is 11.3 Å². The smallest absolute Gasteiger partial charge is 0.320 e. The normalized spacial score (nSPS) is 23.2.